The molecule has 0 amide bonds. The van der Waals surface area contributed by atoms with E-state index in [9.17, 15) is 30.3 Å². The summed E-state index contributed by atoms with van der Waals surface area (Å²) < 4.78 is 0. The minimum absolute atomic E-state index is 0.447. The molecule has 21 heavy (non-hydrogen) atoms. The molecule has 12 nitrogen and oxygen atoms in total. The summed E-state index contributed by atoms with van der Waals surface area (Å²) in [5, 5.41) is 40.2. The zero-order valence-electron chi connectivity index (χ0n) is 10.3. The Bertz CT molecular complexity index is 573. The second kappa shape index (κ2) is 6.76. The van der Waals surface area contributed by atoms with Gasteiger partial charge in [-0.05, 0) is 0 Å². The van der Waals surface area contributed by atoms with Gasteiger partial charge in [0, 0.05) is 12.7 Å². The van der Waals surface area contributed by atoms with Crippen molar-refractivity contribution in [1.82, 2.24) is 10.9 Å². The Hall–Kier alpha value is -3.28. The normalized spacial score (nSPS) is 12.0. The first-order valence-corrected chi connectivity index (χ1v) is 5.28. The predicted molar refractivity (Wildman–Crippen MR) is 68.3 cm³/mol. The van der Waals surface area contributed by atoms with Gasteiger partial charge in [0.25, 0.3) is 11.4 Å². The topological polar surface area (TPSA) is 174 Å². The third-order valence-electron chi connectivity index (χ3n) is 2.18. The number of rotatable bonds is 3. The third-order valence-corrected chi connectivity index (χ3v) is 2.18. The van der Waals surface area contributed by atoms with Crippen LogP contribution in [-0.4, -0.2) is 26.4 Å². The second-order valence-electron chi connectivity index (χ2n) is 3.53. The molecule has 112 valence electrons. The monoisotopic (exact) mass is 299 g/mol. The van der Waals surface area contributed by atoms with Crippen LogP contribution in [0.1, 0.15) is 0 Å². The second-order valence-corrected chi connectivity index (χ2v) is 3.53. The van der Waals surface area contributed by atoms with Crippen LogP contribution in [0.15, 0.2) is 24.4 Å². The van der Waals surface area contributed by atoms with Crippen LogP contribution < -0.4 is 10.9 Å². The van der Waals surface area contributed by atoms with E-state index in [4.69, 9.17) is 5.11 Å². The van der Waals surface area contributed by atoms with E-state index in [1.54, 1.807) is 0 Å². The summed E-state index contributed by atoms with van der Waals surface area (Å²) in [7, 11) is 0. The number of nitro benzene ring substituents is 3. The average molecular weight is 299 g/mol. The van der Waals surface area contributed by atoms with Crippen LogP contribution >= 0.6 is 0 Å². The molecular weight excluding hydrogens is 290 g/mol. The molecule has 1 heterocycles. The molecule has 1 aromatic carbocycles. The van der Waals surface area contributed by atoms with Gasteiger partial charge in [-0.3, -0.25) is 30.3 Å². The average Bonchev–Trinajstić information content (AvgIpc) is 2.96. The molecule has 0 saturated carbocycles. The summed E-state index contributed by atoms with van der Waals surface area (Å²) in [6.07, 6.45) is 3.89. The first kappa shape index (κ1) is 15.8. The molecule has 0 aliphatic carbocycles. The fourth-order valence-electron chi connectivity index (χ4n) is 1.27. The summed E-state index contributed by atoms with van der Waals surface area (Å²) >= 11 is 0. The minimum atomic E-state index is -1.21. The molecule has 0 bridgehead atoms. The Balaban J connectivity index is 0.000000369. The number of nitro groups is 3. The van der Waals surface area contributed by atoms with Gasteiger partial charge in [0.05, 0.1) is 26.9 Å². The lowest BCUT2D eigenvalue weighted by molar-refractivity contribution is -0.404. The third kappa shape index (κ3) is 4.10. The van der Waals surface area contributed by atoms with Crippen LogP contribution in [0.2, 0.25) is 0 Å². The highest BCUT2D eigenvalue weighted by molar-refractivity contribution is 5.64. The first-order valence-electron chi connectivity index (χ1n) is 5.28. The van der Waals surface area contributed by atoms with Gasteiger partial charge >= 0.3 is 11.4 Å². The molecule has 0 unspecified atom stereocenters. The van der Waals surface area contributed by atoms with E-state index in [2.05, 4.69) is 10.9 Å². The number of nitrogens with one attached hydrogen (secondary N) is 2. The van der Waals surface area contributed by atoms with Crippen LogP contribution in [0.4, 0.5) is 17.1 Å². The van der Waals surface area contributed by atoms with E-state index in [0.29, 0.717) is 12.1 Å². The number of benzene rings is 1. The van der Waals surface area contributed by atoms with Crippen molar-refractivity contribution in [1.29, 1.82) is 0 Å². The van der Waals surface area contributed by atoms with Crippen LogP contribution in [0, 0.1) is 30.3 Å². The number of hydrazine groups is 1. The van der Waals surface area contributed by atoms with Gasteiger partial charge in [-0.25, -0.2) is 5.43 Å². The van der Waals surface area contributed by atoms with Crippen LogP contribution in [0.25, 0.3) is 0 Å². The molecule has 0 spiro atoms. The Morgan fingerprint density at radius 2 is 1.52 bits per heavy atom. The van der Waals surface area contributed by atoms with Crippen LogP contribution in [0.3, 0.4) is 0 Å². The molecular formula is C9H9N5O7. The number of hydrogen-bond donors (Lipinski definition) is 3. The first-order chi connectivity index (χ1) is 9.84. The van der Waals surface area contributed by atoms with Gasteiger partial charge in [-0.1, -0.05) is 6.08 Å². The maximum atomic E-state index is 10.4. The van der Waals surface area contributed by atoms with Crippen molar-refractivity contribution in [3.63, 3.8) is 0 Å². The van der Waals surface area contributed by atoms with Gasteiger partial charge < -0.3 is 10.5 Å². The van der Waals surface area contributed by atoms with Crippen molar-refractivity contribution in [2.24, 2.45) is 0 Å². The summed E-state index contributed by atoms with van der Waals surface area (Å²) in [5.74, 6) is -1.21. The molecule has 0 saturated heterocycles. The largest absolute Gasteiger partial charge is 0.497 e. The molecule has 1 aliphatic rings. The fourth-order valence-corrected chi connectivity index (χ4v) is 1.27. The van der Waals surface area contributed by atoms with Crippen molar-refractivity contribution in [2.75, 3.05) is 6.54 Å². The lowest BCUT2D eigenvalue weighted by Crippen LogP contribution is -2.19. The van der Waals surface area contributed by atoms with E-state index >= 15 is 0 Å². The molecule has 0 fully saturated rings. The number of phenols is 1. The number of nitrogens with zero attached hydrogens (tertiary/aromatic N) is 3. The molecule has 0 radical (unpaired) electrons. The summed E-state index contributed by atoms with van der Waals surface area (Å²) in [5.41, 5.74) is 2.65. The van der Waals surface area contributed by atoms with Crippen molar-refractivity contribution >= 4 is 17.1 Å². The number of aromatic hydroxyl groups is 1. The quantitative estimate of drug-likeness (QED) is 0.536. The summed E-state index contributed by atoms with van der Waals surface area (Å²) in [6.45, 7) is 0.958. The Morgan fingerprint density at radius 1 is 1.00 bits per heavy atom. The summed E-state index contributed by atoms with van der Waals surface area (Å²) in [4.78, 5) is 27.8. The molecule has 2 rings (SSSR count). The van der Waals surface area contributed by atoms with Gasteiger partial charge in [-0.2, -0.15) is 0 Å². The van der Waals surface area contributed by atoms with Crippen molar-refractivity contribution in [3.05, 3.63) is 54.8 Å². The van der Waals surface area contributed by atoms with E-state index < -0.39 is 37.6 Å². The number of non-ortho nitro benzene ring substituents is 1. The van der Waals surface area contributed by atoms with Crippen molar-refractivity contribution < 1.29 is 19.9 Å². The van der Waals surface area contributed by atoms with Gasteiger partial charge in [0.1, 0.15) is 0 Å². The van der Waals surface area contributed by atoms with Crippen LogP contribution in [0.5, 0.6) is 5.75 Å². The van der Waals surface area contributed by atoms with Crippen molar-refractivity contribution in [3.8, 4) is 5.75 Å². The highest BCUT2D eigenvalue weighted by atomic mass is 16.6. The predicted octanol–water partition coefficient (Wildman–Crippen LogP) is 0.725. The Morgan fingerprint density at radius 3 is 1.76 bits per heavy atom. The molecule has 1 aliphatic heterocycles. The SMILES string of the molecule is C1=CNNC1.O=[N+]([O-])c1cc([N+](=O)[O-])c(O)c([N+](=O)[O-])c1. The van der Waals surface area contributed by atoms with Crippen molar-refractivity contribution in [2.45, 2.75) is 0 Å². The molecule has 0 aromatic heterocycles. The maximum absolute atomic E-state index is 10.4. The zero-order valence-corrected chi connectivity index (χ0v) is 10.3. The maximum Gasteiger partial charge on any atom is 0.324 e. The lowest BCUT2D eigenvalue weighted by Gasteiger charge is -1.97. The number of phenolic OH excluding ortho intramolecular Hbond substituents is 1. The standard InChI is InChI=1S/C6H3N3O7.C3H6N2/c10-6-4(8(13)14)1-3(7(11)12)2-5(6)9(15)16;1-2-4-5-3-1/h1-2,10H;1-2,4-5H,3H2. The molecule has 1 aromatic rings. The van der Waals surface area contributed by atoms with E-state index in [1.807, 2.05) is 12.3 Å². The molecule has 3 N–H and O–H groups in total. The number of hydrogen-bond acceptors (Lipinski definition) is 9. The Kier molecular flexibility index (Phi) is 5.08. The minimum Gasteiger partial charge on any atom is -0.497 e. The zero-order chi connectivity index (χ0) is 16.0. The van der Waals surface area contributed by atoms with E-state index in [1.165, 1.54) is 0 Å². The summed E-state index contributed by atoms with van der Waals surface area (Å²) in [6, 6.07) is 0.894. The Labute approximate surface area is 116 Å². The fraction of sp³-hybridized carbons (Fsp3) is 0.111. The van der Waals surface area contributed by atoms with Gasteiger partial charge in [0.2, 0.25) is 0 Å². The van der Waals surface area contributed by atoms with Gasteiger partial charge in [-0.15, -0.1) is 0 Å². The lowest BCUT2D eigenvalue weighted by atomic mass is 10.2. The van der Waals surface area contributed by atoms with E-state index in [-0.39, 0.29) is 0 Å². The highest BCUT2D eigenvalue weighted by Gasteiger charge is 2.30. The van der Waals surface area contributed by atoms with Crippen LogP contribution in [-0.2, 0) is 0 Å². The molecule has 0 atom stereocenters. The van der Waals surface area contributed by atoms with E-state index in [0.717, 1.165) is 6.54 Å². The highest BCUT2D eigenvalue weighted by Crippen LogP contribution is 2.38. The smallest absolute Gasteiger partial charge is 0.324 e. The van der Waals surface area contributed by atoms with Gasteiger partial charge in [0.15, 0.2) is 0 Å². The molecule has 12 heteroatoms.